The van der Waals surface area contributed by atoms with Crippen LogP contribution in [0.25, 0.3) is 0 Å². The Hall–Kier alpha value is -1.94. The highest BCUT2D eigenvalue weighted by Crippen LogP contribution is 2.27. The predicted octanol–water partition coefficient (Wildman–Crippen LogP) is 1.48. The molecule has 1 atom stereocenters. The third kappa shape index (κ3) is 4.12. The van der Waals surface area contributed by atoms with Gasteiger partial charge in [-0.1, -0.05) is 25.7 Å². The van der Waals surface area contributed by atoms with Crippen LogP contribution in [0, 0.1) is 11.3 Å². The Morgan fingerprint density at radius 3 is 2.83 bits per heavy atom. The number of hydrogen-bond acceptors (Lipinski definition) is 5. The van der Waals surface area contributed by atoms with Crippen molar-refractivity contribution in [3.05, 3.63) is 12.7 Å². The van der Waals surface area contributed by atoms with Crippen molar-refractivity contribution in [1.82, 2.24) is 25.0 Å². The van der Waals surface area contributed by atoms with Crippen LogP contribution < -0.4 is 5.32 Å². The van der Waals surface area contributed by atoms with Gasteiger partial charge in [-0.3, -0.25) is 14.4 Å². The summed E-state index contributed by atoms with van der Waals surface area (Å²) in [6.45, 7) is 2.05. The molecule has 1 aliphatic heterocycles. The van der Waals surface area contributed by atoms with Crippen LogP contribution in [-0.2, 0) is 11.3 Å². The minimum atomic E-state index is -0.646. The average molecular weight is 330 g/mol. The molecule has 1 aromatic rings. The zero-order chi connectivity index (χ0) is 16.8. The van der Waals surface area contributed by atoms with Gasteiger partial charge < -0.3 is 5.32 Å². The molecule has 1 N–H and O–H groups in total. The maximum atomic E-state index is 12.6. The van der Waals surface area contributed by atoms with E-state index in [1.807, 2.05) is 4.68 Å². The van der Waals surface area contributed by atoms with E-state index in [9.17, 15) is 10.1 Å². The molecule has 7 heteroatoms. The van der Waals surface area contributed by atoms with Gasteiger partial charge in [0.15, 0.2) is 0 Å². The molecule has 2 aliphatic rings. The van der Waals surface area contributed by atoms with Gasteiger partial charge in [0.25, 0.3) is 0 Å². The van der Waals surface area contributed by atoms with Gasteiger partial charge in [0.05, 0.1) is 19.2 Å². The molecule has 1 saturated heterocycles. The first-order valence-corrected chi connectivity index (χ1v) is 8.99. The van der Waals surface area contributed by atoms with Crippen LogP contribution in [0.3, 0.4) is 0 Å². The van der Waals surface area contributed by atoms with Crippen LogP contribution in [-0.4, -0.2) is 50.2 Å². The smallest absolute Gasteiger partial charge is 0.235 e. The van der Waals surface area contributed by atoms with E-state index in [0.29, 0.717) is 12.6 Å². The minimum Gasteiger partial charge on any atom is -0.337 e. The van der Waals surface area contributed by atoms with Crippen molar-refractivity contribution in [2.75, 3.05) is 13.1 Å². The Morgan fingerprint density at radius 2 is 2.12 bits per heavy atom. The Kier molecular flexibility index (Phi) is 5.46. The lowest BCUT2D eigenvalue weighted by atomic mass is 9.83. The molecular formula is C17H26N6O. The van der Waals surface area contributed by atoms with Gasteiger partial charge >= 0.3 is 0 Å². The van der Waals surface area contributed by atoms with Crippen LogP contribution in [0.5, 0.6) is 0 Å². The minimum absolute atomic E-state index is 0.0241. The molecule has 1 aromatic heterocycles. The summed E-state index contributed by atoms with van der Waals surface area (Å²) in [5.41, 5.74) is -0.646. The monoisotopic (exact) mass is 330 g/mol. The average Bonchev–Trinajstić information content (AvgIpc) is 3.10. The summed E-state index contributed by atoms with van der Waals surface area (Å²) < 4.78 is 1.83. The lowest BCUT2D eigenvalue weighted by molar-refractivity contribution is -0.125. The van der Waals surface area contributed by atoms with Gasteiger partial charge in [0.1, 0.15) is 18.2 Å². The molecule has 130 valence electrons. The number of nitrogens with zero attached hydrogens (tertiary/aromatic N) is 5. The molecule has 2 fully saturated rings. The van der Waals surface area contributed by atoms with Crippen LogP contribution >= 0.6 is 0 Å². The zero-order valence-electron chi connectivity index (χ0n) is 14.2. The van der Waals surface area contributed by atoms with Crippen molar-refractivity contribution in [2.24, 2.45) is 0 Å². The Labute approximate surface area is 143 Å². The Morgan fingerprint density at radius 1 is 1.29 bits per heavy atom. The summed E-state index contributed by atoms with van der Waals surface area (Å²) >= 11 is 0. The standard InChI is InChI=1S/C17H26N6O/c18-12-17(7-3-1-4-8-17)21-16(24)11-22-9-5-2-6-15(22)10-23-14-19-13-20-23/h13-15H,1-11H2,(H,21,24). The normalized spacial score (nSPS) is 24.2. The molecule has 24 heavy (non-hydrogen) atoms. The number of carbonyl (C=O) groups is 1. The Balaban J connectivity index is 1.58. The summed E-state index contributed by atoms with van der Waals surface area (Å²) in [5.74, 6) is -0.0241. The maximum Gasteiger partial charge on any atom is 0.235 e. The van der Waals surface area contributed by atoms with Crippen molar-refractivity contribution in [3.8, 4) is 6.07 Å². The number of hydrogen-bond donors (Lipinski definition) is 1. The highest BCUT2D eigenvalue weighted by atomic mass is 16.2. The number of amides is 1. The number of nitrogens with one attached hydrogen (secondary N) is 1. The van der Waals surface area contributed by atoms with Crippen LogP contribution in [0.1, 0.15) is 51.4 Å². The van der Waals surface area contributed by atoms with Crippen LogP contribution in [0.4, 0.5) is 0 Å². The van der Waals surface area contributed by atoms with Gasteiger partial charge in [-0.25, -0.2) is 4.98 Å². The summed E-state index contributed by atoms with van der Waals surface area (Å²) in [6, 6.07) is 2.66. The largest absolute Gasteiger partial charge is 0.337 e. The fourth-order valence-electron chi connectivity index (χ4n) is 3.93. The predicted molar refractivity (Wildman–Crippen MR) is 88.8 cm³/mol. The molecule has 2 heterocycles. The van der Waals surface area contributed by atoms with Crippen molar-refractivity contribution in [2.45, 2.75) is 69.5 Å². The van der Waals surface area contributed by atoms with E-state index in [0.717, 1.165) is 58.0 Å². The highest BCUT2D eigenvalue weighted by molar-refractivity contribution is 5.79. The number of rotatable bonds is 5. The topological polar surface area (TPSA) is 86.8 Å². The molecule has 0 radical (unpaired) electrons. The van der Waals surface area contributed by atoms with Crippen LogP contribution in [0.15, 0.2) is 12.7 Å². The fourth-order valence-corrected chi connectivity index (χ4v) is 3.93. The Bertz CT molecular complexity index is 572. The van der Waals surface area contributed by atoms with Crippen molar-refractivity contribution in [1.29, 1.82) is 5.26 Å². The first kappa shape index (κ1) is 16.9. The number of likely N-dealkylation sites (tertiary alicyclic amines) is 1. The molecule has 7 nitrogen and oxygen atoms in total. The van der Waals surface area contributed by atoms with Gasteiger partial charge in [-0.15, -0.1) is 0 Å². The molecule has 3 rings (SSSR count). The fraction of sp³-hybridized carbons (Fsp3) is 0.765. The lowest BCUT2D eigenvalue weighted by Gasteiger charge is -2.37. The molecule has 1 unspecified atom stereocenters. The second-order valence-corrected chi connectivity index (χ2v) is 7.04. The lowest BCUT2D eigenvalue weighted by Crippen LogP contribution is -2.54. The molecular weight excluding hydrogens is 304 g/mol. The number of nitriles is 1. The van der Waals surface area contributed by atoms with Gasteiger partial charge in [0.2, 0.25) is 5.91 Å². The molecule has 1 aliphatic carbocycles. The third-order valence-electron chi connectivity index (χ3n) is 5.26. The quantitative estimate of drug-likeness (QED) is 0.883. The third-order valence-corrected chi connectivity index (χ3v) is 5.26. The summed E-state index contributed by atoms with van der Waals surface area (Å²) in [5, 5.41) is 16.7. The molecule has 1 amide bonds. The summed E-state index contributed by atoms with van der Waals surface area (Å²) in [6.07, 6.45) is 11.4. The van der Waals surface area contributed by atoms with E-state index in [1.54, 1.807) is 12.7 Å². The van der Waals surface area contributed by atoms with E-state index >= 15 is 0 Å². The summed E-state index contributed by atoms with van der Waals surface area (Å²) in [7, 11) is 0. The molecule has 1 saturated carbocycles. The second-order valence-electron chi connectivity index (χ2n) is 7.04. The van der Waals surface area contributed by atoms with Crippen LogP contribution in [0.2, 0.25) is 0 Å². The first-order chi connectivity index (χ1) is 11.7. The van der Waals surface area contributed by atoms with Crippen molar-refractivity contribution in [3.63, 3.8) is 0 Å². The van der Waals surface area contributed by atoms with Gasteiger partial charge in [-0.05, 0) is 32.2 Å². The molecule has 0 bridgehead atoms. The van der Waals surface area contributed by atoms with E-state index in [4.69, 9.17) is 0 Å². The second kappa shape index (κ2) is 7.75. The number of piperidine rings is 1. The number of carbonyl (C=O) groups excluding carboxylic acids is 1. The first-order valence-electron chi connectivity index (χ1n) is 8.99. The van der Waals surface area contributed by atoms with Crippen molar-refractivity contribution >= 4 is 5.91 Å². The van der Waals surface area contributed by atoms with E-state index in [2.05, 4.69) is 26.4 Å². The van der Waals surface area contributed by atoms with E-state index in [1.165, 1.54) is 6.42 Å². The zero-order valence-corrected chi connectivity index (χ0v) is 14.2. The van der Waals surface area contributed by atoms with Gasteiger partial charge in [0, 0.05) is 6.04 Å². The molecule has 0 aromatic carbocycles. The number of aromatic nitrogens is 3. The van der Waals surface area contributed by atoms with E-state index < -0.39 is 5.54 Å². The maximum absolute atomic E-state index is 12.6. The summed E-state index contributed by atoms with van der Waals surface area (Å²) in [4.78, 5) is 18.8. The van der Waals surface area contributed by atoms with Gasteiger partial charge in [-0.2, -0.15) is 10.4 Å². The highest BCUT2D eigenvalue weighted by Gasteiger charge is 2.34. The molecule has 0 spiro atoms. The van der Waals surface area contributed by atoms with Crippen molar-refractivity contribution < 1.29 is 4.79 Å². The SMILES string of the molecule is N#CC1(NC(=O)CN2CCCCC2Cn2cncn2)CCCCC1. The van der Waals surface area contributed by atoms with E-state index in [-0.39, 0.29) is 5.91 Å².